The fourth-order valence-corrected chi connectivity index (χ4v) is 4.64. The third-order valence-corrected chi connectivity index (χ3v) is 5.95. The summed E-state index contributed by atoms with van der Waals surface area (Å²) in [5.41, 5.74) is 2.23. The molecule has 4 aromatic rings. The molecule has 1 aromatic carbocycles. The summed E-state index contributed by atoms with van der Waals surface area (Å²) in [7, 11) is 3.18. The molecule has 3 aromatic heterocycles. The highest BCUT2D eigenvalue weighted by molar-refractivity contribution is 6.12. The topological polar surface area (TPSA) is 99.5 Å². The van der Waals surface area contributed by atoms with Gasteiger partial charge in [0.05, 0.1) is 22.9 Å². The van der Waals surface area contributed by atoms with Gasteiger partial charge in [0, 0.05) is 51.4 Å². The van der Waals surface area contributed by atoms with Crippen LogP contribution in [-0.4, -0.2) is 64.5 Å². The Hall–Kier alpha value is -3.60. The van der Waals surface area contributed by atoms with Crippen molar-refractivity contribution in [2.75, 3.05) is 37.4 Å². The fourth-order valence-electron chi connectivity index (χ4n) is 4.64. The largest absolute Gasteiger partial charge is 0.385 e. The van der Waals surface area contributed by atoms with Crippen LogP contribution in [0.2, 0.25) is 0 Å². The highest BCUT2D eigenvalue weighted by Gasteiger charge is 2.27. The van der Waals surface area contributed by atoms with Crippen LogP contribution in [0.1, 0.15) is 24.2 Å². The van der Waals surface area contributed by atoms with Crippen molar-refractivity contribution in [3.63, 3.8) is 0 Å². The molecule has 1 aliphatic heterocycles. The number of nitrogens with zero attached hydrogens (tertiary/aromatic N) is 5. The van der Waals surface area contributed by atoms with Crippen LogP contribution >= 0.6 is 0 Å². The molecule has 0 spiro atoms. The number of carbonyl (C=O) groups is 1. The highest BCUT2D eigenvalue weighted by atomic mass is 19.2. The normalized spacial score (nSPS) is 18.9. The molecule has 1 fully saturated rings. The van der Waals surface area contributed by atoms with Crippen LogP contribution < -0.4 is 20.9 Å². The molecule has 0 bridgehead atoms. The van der Waals surface area contributed by atoms with Crippen molar-refractivity contribution in [2.24, 2.45) is 0 Å². The minimum absolute atomic E-state index is 0.213. The van der Waals surface area contributed by atoms with Gasteiger partial charge in [-0.15, -0.1) is 0 Å². The first kappa shape index (κ1) is 21.3. The fraction of sp³-hybridized carbons (Fsp3) is 0.364. The molecule has 0 saturated carbocycles. The first-order valence-corrected chi connectivity index (χ1v) is 10.7. The molecule has 11 heteroatoms. The number of anilines is 2. The molecule has 5 rings (SSSR count). The molecule has 33 heavy (non-hydrogen) atoms. The Bertz CT molecular complexity index is 1410. The summed E-state index contributed by atoms with van der Waals surface area (Å²) >= 11 is 0. The van der Waals surface area contributed by atoms with Crippen molar-refractivity contribution in [2.45, 2.75) is 25.9 Å². The second-order valence-electron chi connectivity index (χ2n) is 8.38. The van der Waals surface area contributed by atoms with Gasteiger partial charge in [0.15, 0.2) is 22.9 Å². The average Bonchev–Trinajstić information content (AvgIpc) is 3.14. The van der Waals surface area contributed by atoms with E-state index in [1.807, 2.05) is 0 Å². The molecule has 0 radical (unpaired) electrons. The molecule has 4 heterocycles. The number of carbonyl (C=O) groups excluding carboxylic acids is 1. The first-order valence-electron chi connectivity index (χ1n) is 10.7. The summed E-state index contributed by atoms with van der Waals surface area (Å²) < 4.78 is 29.8. The third-order valence-electron chi connectivity index (χ3n) is 5.95. The molecule has 9 nitrogen and oxygen atoms in total. The molecule has 172 valence electrons. The summed E-state index contributed by atoms with van der Waals surface area (Å²) in [6.45, 7) is 5.69. The summed E-state index contributed by atoms with van der Waals surface area (Å²) in [6, 6.07) is 2.62. The zero-order valence-electron chi connectivity index (χ0n) is 18.7. The van der Waals surface area contributed by atoms with E-state index >= 15 is 0 Å². The highest BCUT2D eigenvalue weighted by Crippen LogP contribution is 2.33. The number of aromatic nitrogens is 4. The number of rotatable bonds is 3. The Kier molecular flexibility index (Phi) is 5.00. The van der Waals surface area contributed by atoms with Gasteiger partial charge in [-0.2, -0.15) is 0 Å². The number of nitrogens with one attached hydrogen (secondary N) is 3. The maximum atomic E-state index is 14.2. The van der Waals surface area contributed by atoms with Crippen LogP contribution in [0.15, 0.2) is 18.3 Å². The van der Waals surface area contributed by atoms with Gasteiger partial charge in [-0.25, -0.2) is 23.7 Å². The molecule has 3 N–H and O–H groups in total. The predicted molar refractivity (Wildman–Crippen MR) is 123 cm³/mol. The van der Waals surface area contributed by atoms with Crippen molar-refractivity contribution in [1.82, 2.24) is 30.0 Å². The van der Waals surface area contributed by atoms with Gasteiger partial charge in [0.2, 0.25) is 0 Å². The molecule has 1 aliphatic rings. The van der Waals surface area contributed by atoms with Crippen LogP contribution in [0.4, 0.5) is 20.3 Å². The summed E-state index contributed by atoms with van der Waals surface area (Å²) in [5.74, 6) is -1.77. The predicted octanol–water partition coefficient (Wildman–Crippen LogP) is 2.30. The van der Waals surface area contributed by atoms with Crippen molar-refractivity contribution in [1.29, 1.82) is 0 Å². The van der Waals surface area contributed by atoms with E-state index < -0.39 is 17.5 Å². The maximum Gasteiger partial charge on any atom is 0.257 e. The molecular formula is C22H24F2N8O. The van der Waals surface area contributed by atoms with Crippen molar-refractivity contribution >= 4 is 45.3 Å². The minimum Gasteiger partial charge on any atom is -0.385 e. The van der Waals surface area contributed by atoms with Crippen molar-refractivity contribution in [3.05, 3.63) is 35.5 Å². The number of benzene rings is 1. The number of halogens is 2. The van der Waals surface area contributed by atoms with Crippen LogP contribution in [0.5, 0.6) is 0 Å². The van der Waals surface area contributed by atoms with Gasteiger partial charge in [-0.1, -0.05) is 0 Å². The van der Waals surface area contributed by atoms with Gasteiger partial charge >= 0.3 is 0 Å². The SMILES string of the molecule is CNC(=O)c1c(NC)c2ncc(N3C[C@@H](C)N[C@@H](C)C3)nc2n2c1nc1cc(F)c(F)cc12. The third kappa shape index (κ3) is 3.30. The number of hydrogen-bond acceptors (Lipinski definition) is 7. The summed E-state index contributed by atoms with van der Waals surface area (Å²) in [5, 5.41) is 9.13. The van der Waals surface area contributed by atoms with E-state index in [1.165, 1.54) is 7.05 Å². The van der Waals surface area contributed by atoms with E-state index in [2.05, 4.69) is 44.7 Å². The summed E-state index contributed by atoms with van der Waals surface area (Å²) in [4.78, 5) is 29.0. The van der Waals surface area contributed by atoms with Crippen LogP contribution in [0.3, 0.4) is 0 Å². The van der Waals surface area contributed by atoms with E-state index in [1.54, 1.807) is 17.6 Å². The lowest BCUT2D eigenvalue weighted by atomic mass is 10.1. The lowest BCUT2D eigenvalue weighted by molar-refractivity contribution is 0.0965. The number of hydrogen-bond donors (Lipinski definition) is 3. The van der Waals surface area contributed by atoms with Crippen LogP contribution in [-0.2, 0) is 0 Å². The monoisotopic (exact) mass is 454 g/mol. The minimum atomic E-state index is -1.01. The van der Waals surface area contributed by atoms with Crippen LogP contribution in [0, 0.1) is 11.6 Å². The second kappa shape index (κ2) is 7.77. The molecular weight excluding hydrogens is 430 g/mol. The van der Waals surface area contributed by atoms with Gasteiger partial charge in [0.25, 0.3) is 5.91 Å². The molecule has 1 saturated heterocycles. The second-order valence-corrected chi connectivity index (χ2v) is 8.38. The standard InChI is InChI=1S/C22H24F2N8O/c1-10-8-31(9-11(2)28-10)16-7-27-19-18(25-3)17(22(33)26-4)20-29-14-5-12(23)13(24)6-15(14)32(20)21(19)30-16/h5-7,10-11,25,28H,8-9H2,1-4H3,(H,26,33)/t10-,11+. The number of fused-ring (bicyclic) bond motifs is 5. The number of pyridine rings is 1. The van der Waals surface area contributed by atoms with E-state index in [0.717, 1.165) is 25.2 Å². The Morgan fingerprint density at radius 1 is 1.09 bits per heavy atom. The smallest absolute Gasteiger partial charge is 0.257 e. The zero-order chi connectivity index (χ0) is 23.4. The van der Waals surface area contributed by atoms with Crippen molar-refractivity contribution < 1.29 is 13.6 Å². The van der Waals surface area contributed by atoms with Gasteiger partial charge in [0.1, 0.15) is 16.9 Å². The molecule has 0 unspecified atom stereocenters. The quantitative estimate of drug-likeness (QED) is 0.437. The Balaban J connectivity index is 1.88. The van der Waals surface area contributed by atoms with E-state index in [4.69, 9.17) is 4.98 Å². The molecule has 0 aliphatic carbocycles. The van der Waals surface area contributed by atoms with E-state index in [0.29, 0.717) is 28.2 Å². The Morgan fingerprint density at radius 2 is 1.79 bits per heavy atom. The molecule has 1 amide bonds. The van der Waals surface area contributed by atoms with Gasteiger partial charge in [-0.05, 0) is 13.8 Å². The lowest BCUT2D eigenvalue weighted by Gasteiger charge is -2.36. The van der Waals surface area contributed by atoms with E-state index in [-0.39, 0.29) is 28.8 Å². The van der Waals surface area contributed by atoms with Gasteiger partial charge in [-0.3, -0.25) is 9.20 Å². The average molecular weight is 454 g/mol. The zero-order valence-corrected chi connectivity index (χ0v) is 18.7. The molecule has 2 atom stereocenters. The Morgan fingerprint density at radius 3 is 2.45 bits per heavy atom. The number of piperazine rings is 1. The Labute approximate surface area is 188 Å². The van der Waals surface area contributed by atoms with Crippen LogP contribution in [0.25, 0.3) is 27.8 Å². The number of imidazole rings is 1. The van der Waals surface area contributed by atoms with Gasteiger partial charge < -0.3 is 20.9 Å². The lowest BCUT2D eigenvalue weighted by Crippen LogP contribution is -2.54. The first-order chi connectivity index (χ1) is 15.8. The van der Waals surface area contributed by atoms with E-state index in [9.17, 15) is 13.6 Å². The maximum absolute atomic E-state index is 14.2. The van der Waals surface area contributed by atoms with Crippen molar-refractivity contribution in [3.8, 4) is 0 Å². The number of amides is 1. The summed E-state index contributed by atoms with van der Waals surface area (Å²) in [6.07, 6.45) is 1.67.